The molecule has 0 unspecified atom stereocenters. The Kier molecular flexibility index (Phi) is 4.73. The maximum absolute atomic E-state index is 12.2. The molecule has 1 amide bonds. The average Bonchev–Trinajstić information content (AvgIpc) is 2.37. The second-order valence-electron chi connectivity index (χ2n) is 5.43. The number of hydrogen-bond donors (Lipinski definition) is 1. The lowest BCUT2D eigenvalue weighted by atomic mass is 10.1. The van der Waals surface area contributed by atoms with E-state index in [4.69, 9.17) is 12.2 Å². The predicted octanol–water partition coefficient (Wildman–Crippen LogP) is 1.82. The number of hydrogen-bond acceptors (Lipinski definition) is 3. The fourth-order valence-electron chi connectivity index (χ4n) is 2.38. The van der Waals surface area contributed by atoms with E-state index in [1.165, 1.54) is 0 Å². The van der Waals surface area contributed by atoms with Crippen LogP contribution in [0.3, 0.4) is 0 Å². The maximum Gasteiger partial charge on any atom is 0.283 e. The van der Waals surface area contributed by atoms with Gasteiger partial charge in [0.05, 0.1) is 0 Å². The molecule has 108 valence electrons. The SMILES string of the molecule is Cc1cc(C)cc(NC(=O)C(=S)N2CCN(C)CC2)c1. The van der Waals surface area contributed by atoms with E-state index in [0.29, 0.717) is 4.99 Å². The van der Waals surface area contributed by atoms with Gasteiger partial charge < -0.3 is 15.1 Å². The molecule has 1 heterocycles. The third-order valence-corrected chi connectivity index (χ3v) is 3.91. The molecular formula is C15H21N3OS. The number of thiocarbonyl (C=S) groups is 1. The molecule has 2 rings (SSSR count). The van der Waals surface area contributed by atoms with Gasteiger partial charge in [-0.25, -0.2) is 0 Å². The van der Waals surface area contributed by atoms with Crippen LogP contribution in [0.1, 0.15) is 11.1 Å². The normalized spacial score (nSPS) is 16.1. The van der Waals surface area contributed by atoms with Gasteiger partial charge in [-0.15, -0.1) is 0 Å². The Morgan fingerprint density at radius 1 is 1.10 bits per heavy atom. The highest BCUT2D eigenvalue weighted by Gasteiger charge is 2.21. The van der Waals surface area contributed by atoms with E-state index in [1.807, 2.05) is 30.9 Å². The molecule has 1 aromatic rings. The van der Waals surface area contributed by atoms with Crippen LogP contribution in [-0.2, 0) is 4.79 Å². The van der Waals surface area contributed by atoms with Crippen molar-refractivity contribution in [3.63, 3.8) is 0 Å². The standard InChI is InChI=1S/C15H21N3OS/c1-11-8-12(2)10-13(9-11)16-14(19)15(20)18-6-4-17(3)5-7-18/h8-10H,4-7H2,1-3H3,(H,16,19). The topological polar surface area (TPSA) is 35.6 Å². The molecule has 0 spiro atoms. The average molecular weight is 291 g/mol. The minimum atomic E-state index is -0.186. The molecule has 0 saturated carbocycles. The molecule has 0 aliphatic carbocycles. The molecular weight excluding hydrogens is 270 g/mol. The number of nitrogens with one attached hydrogen (secondary N) is 1. The van der Waals surface area contributed by atoms with E-state index in [1.54, 1.807) is 0 Å². The highest BCUT2D eigenvalue weighted by atomic mass is 32.1. The molecule has 0 atom stereocenters. The Hall–Kier alpha value is -1.46. The van der Waals surface area contributed by atoms with E-state index in [-0.39, 0.29) is 5.91 Å². The molecule has 5 heteroatoms. The zero-order chi connectivity index (χ0) is 14.7. The molecule has 20 heavy (non-hydrogen) atoms. The van der Waals surface area contributed by atoms with E-state index in [0.717, 1.165) is 43.0 Å². The monoisotopic (exact) mass is 291 g/mol. The van der Waals surface area contributed by atoms with Gasteiger partial charge in [-0.1, -0.05) is 18.3 Å². The van der Waals surface area contributed by atoms with Crippen molar-refractivity contribution in [3.8, 4) is 0 Å². The summed E-state index contributed by atoms with van der Waals surface area (Å²) in [6, 6.07) is 5.99. The lowest BCUT2D eigenvalue weighted by Crippen LogP contribution is -2.49. The van der Waals surface area contributed by atoms with Crippen LogP contribution >= 0.6 is 12.2 Å². The minimum Gasteiger partial charge on any atom is -0.356 e. The summed E-state index contributed by atoms with van der Waals surface area (Å²) in [5.41, 5.74) is 3.07. The van der Waals surface area contributed by atoms with Gasteiger partial charge in [-0.05, 0) is 44.2 Å². The van der Waals surface area contributed by atoms with Crippen molar-refractivity contribution >= 4 is 28.8 Å². The van der Waals surface area contributed by atoms with Gasteiger partial charge >= 0.3 is 0 Å². The van der Waals surface area contributed by atoms with Crippen molar-refractivity contribution < 1.29 is 4.79 Å². The minimum absolute atomic E-state index is 0.186. The van der Waals surface area contributed by atoms with E-state index >= 15 is 0 Å². The Morgan fingerprint density at radius 3 is 2.20 bits per heavy atom. The molecule has 1 aliphatic rings. The summed E-state index contributed by atoms with van der Waals surface area (Å²) < 4.78 is 0. The number of nitrogens with zero attached hydrogens (tertiary/aromatic N) is 2. The summed E-state index contributed by atoms with van der Waals surface area (Å²) >= 11 is 5.30. The van der Waals surface area contributed by atoms with Crippen molar-refractivity contribution in [3.05, 3.63) is 29.3 Å². The molecule has 1 aliphatic heterocycles. The molecule has 0 bridgehead atoms. The van der Waals surface area contributed by atoms with Crippen LogP contribution in [0.2, 0.25) is 0 Å². The van der Waals surface area contributed by atoms with Crippen molar-refractivity contribution in [2.45, 2.75) is 13.8 Å². The molecule has 0 radical (unpaired) electrons. The summed E-state index contributed by atoms with van der Waals surface area (Å²) in [5, 5.41) is 2.90. The zero-order valence-corrected chi connectivity index (χ0v) is 13.1. The first-order chi connectivity index (χ1) is 9.45. The summed E-state index contributed by atoms with van der Waals surface area (Å²) in [4.78, 5) is 16.8. The highest BCUT2D eigenvalue weighted by Crippen LogP contribution is 2.14. The summed E-state index contributed by atoms with van der Waals surface area (Å²) in [6.45, 7) is 7.54. The van der Waals surface area contributed by atoms with Gasteiger partial charge in [0.1, 0.15) is 0 Å². The van der Waals surface area contributed by atoms with Crippen molar-refractivity contribution in [1.29, 1.82) is 0 Å². The lowest BCUT2D eigenvalue weighted by molar-refractivity contribution is -0.110. The van der Waals surface area contributed by atoms with Crippen LogP contribution < -0.4 is 5.32 Å². The number of piperazine rings is 1. The molecule has 4 nitrogen and oxygen atoms in total. The van der Waals surface area contributed by atoms with Gasteiger partial charge in [-0.3, -0.25) is 4.79 Å². The predicted molar refractivity (Wildman–Crippen MR) is 86.2 cm³/mol. The number of likely N-dealkylation sites (N-methyl/N-ethyl adjacent to an activating group) is 1. The fourth-order valence-corrected chi connectivity index (χ4v) is 2.62. The third kappa shape index (κ3) is 3.77. The first kappa shape index (κ1) is 14.9. The molecule has 0 aromatic heterocycles. The molecule has 1 fully saturated rings. The summed E-state index contributed by atoms with van der Waals surface area (Å²) in [7, 11) is 2.08. The Morgan fingerprint density at radius 2 is 1.65 bits per heavy atom. The summed E-state index contributed by atoms with van der Waals surface area (Å²) in [6.07, 6.45) is 0. The van der Waals surface area contributed by atoms with Crippen LogP contribution in [0.25, 0.3) is 0 Å². The second-order valence-corrected chi connectivity index (χ2v) is 5.81. The number of anilines is 1. The van der Waals surface area contributed by atoms with Gasteiger partial charge in [0.2, 0.25) is 0 Å². The van der Waals surface area contributed by atoms with Crippen molar-refractivity contribution in [2.24, 2.45) is 0 Å². The van der Waals surface area contributed by atoms with Crippen LogP contribution in [0.15, 0.2) is 18.2 Å². The van der Waals surface area contributed by atoms with Gasteiger partial charge in [-0.2, -0.15) is 0 Å². The smallest absolute Gasteiger partial charge is 0.283 e. The van der Waals surface area contributed by atoms with Crippen molar-refractivity contribution in [2.75, 3.05) is 38.5 Å². The quantitative estimate of drug-likeness (QED) is 0.801. The Balaban J connectivity index is 1.99. The van der Waals surface area contributed by atoms with E-state index in [9.17, 15) is 4.79 Å². The largest absolute Gasteiger partial charge is 0.356 e. The first-order valence-electron chi connectivity index (χ1n) is 6.83. The highest BCUT2D eigenvalue weighted by molar-refractivity contribution is 7.82. The number of rotatable bonds is 1. The number of carbonyl (C=O) groups is 1. The van der Waals surface area contributed by atoms with Gasteiger partial charge in [0.15, 0.2) is 4.99 Å². The summed E-state index contributed by atoms with van der Waals surface area (Å²) in [5.74, 6) is -0.186. The van der Waals surface area contributed by atoms with Crippen LogP contribution in [0.4, 0.5) is 5.69 Å². The van der Waals surface area contributed by atoms with Gasteiger partial charge in [0, 0.05) is 31.9 Å². The van der Waals surface area contributed by atoms with Crippen LogP contribution in [-0.4, -0.2) is 53.9 Å². The van der Waals surface area contributed by atoms with E-state index < -0.39 is 0 Å². The zero-order valence-electron chi connectivity index (χ0n) is 12.3. The first-order valence-corrected chi connectivity index (χ1v) is 7.23. The number of aryl methyl sites for hydroxylation is 2. The van der Waals surface area contributed by atoms with Gasteiger partial charge in [0.25, 0.3) is 5.91 Å². The van der Waals surface area contributed by atoms with E-state index in [2.05, 4.69) is 23.3 Å². The van der Waals surface area contributed by atoms with Crippen LogP contribution in [0.5, 0.6) is 0 Å². The Bertz CT molecular complexity index is 502. The molecule has 1 saturated heterocycles. The maximum atomic E-state index is 12.2. The third-order valence-electron chi connectivity index (χ3n) is 3.46. The lowest BCUT2D eigenvalue weighted by Gasteiger charge is -2.33. The Labute approximate surface area is 125 Å². The second kappa shape index (κ2) is 6.33. The molecule has 1 aromatic carbocycles. The number of benzene rings is 1. The van der Waals surface area contributed by atoms with Crippen LogP contribution in [0, 0.1) is 13.8 Å². The fraction of sp³-hybridized carbons (Fsp3) is 0.467. The number of amides is 1. The number of carbonyl (C=O) groups excluding carboxylic acids is 1. The molecule has 1 N–H and O–H groups in total. The van der Waals surface area contributed by atoms with Crippen molar-refractivity contribution in [1.82, 2.24) is 9.80 Å².